The highest BCUT2D eigenvalue weighted by Gasteiger charge is 2.08. The van der Waals surface area contributed by atoms with Crippen molar-refractivity contribution in [3.8, 4) is 5.75 Å². The number of rotatable bonds is 8. The van der Waals surface area contributed by atoms with Gasteiger partial charge in [-0.05, 0) is 48.9 Å². The van der Waals surface area contributed by atoms with Gasteiger partial charge in [-0.3, -0.25) is 0 Å². The minimum atomic E-state index is -0.279. The van der Waals surface area contributed by atoms with Crippen LogP contribution in [0.4, 0.5) is 8.78 Å². The molecule has 0 radical (unpaired) electrons. The van der Waals surface area contributed by atoms with E-state index in [0.717, 1.165) is 10.0 Å². The van der Waals surface area contributed by atoms with Gasteiger partial charge in [0.1, 0.15) is 24.0 Å². The molecule has 1 N–H and O–H groups in total. The first-order valence-electron chi connectivity index (χ1n) is 8.72. The van der Waals surface area contributed by atoms with Crippen LogP contribution in [-0.4, -0.2) is 6.54 Å². The molecule has 148 valence electrons. The second-order valence-corrected chi connectivity index (χ2v) is 7.07. The molecule has 3 rings (SSSR count). The van der Waals surface area contributed by atoms with E-state index >= 15 is 0 Å². The van der Waals surface area contributed by atoms with E-state index in [0.29, 0.717) is 36.4 Å². The first-order valence-corrected chi connectivity index (χ1v) is 9.51. The highest BCUT2D eigenvalue weighted by Crippen LogP contribution is 2.24. The molecule has 2 nitrogen and oxygen atoms in total. The van der Waals surface area contributed by atoms with Crippen molar-refractivity contribution in [3.63, 3.8) is 0 Å². The van der Waals surface area contributed by atoms with Crippen molar-refractivity contribution in [1.29, 1.82) is 0 Å². The summed E-state index contributed by atoms with van der Waals surface area (Å²) in [6, 6.07) is 19.1. The van der Waals surface area contributed by atoms with E-state index in [1.165, 1.54) is 12.1 Å². The standard InChI is InChI=1S/C22H20BrF2NO.ClH/c23-19-9-10-22(27-15-17-6-2-4-8-21(17)25)18(13-19)14-26-12-11-16-5-1-3-7-20(16)24;/h1-10,13,26H,11-12,14-15H2;1H. The van der Waals surface area contributed by atoms with Gasteiger partial charge in [-0.25, -0.2) is 8.78 Å². The van der Waals surface area contributed by atoms with Gasteiger partial charge in [-0.2, -0.15) is 0 Å². The Morgan fingerprint density at radius 2 is 1.46 bits per heavy atom. The zero-order valence-electron chi connectivity index (χ0n) is 15.1. The molecule has 28 heavy (non-hydrogen) atoms. The maximum Gasteiger partial charge on any atom is 0.129 e. The van der Waals surface area contributed by atoms with Gasteiger partial charge < -0.3 is 10.1 Å². The second kappa shape index (κ2) is 11.1. The van der Waals surface area contributed by atoms with Crippen LogP contribution in [0.5, 0.6) is 5.75 Å². The fourth-order valence-electron chi connectivity index (χ4n) is 2.75. The van der Waals surface area contributed by atoms with Gasteiger partial charge >= 0.3 is 0 Å². The van der Waals surface area contributed by atoms with Crippen molar-refractivity contribution in [3.05, 3.63) is 99.5 Å². The van der Waals surface area contributed by atoms with Crippen molar-refractivity contribution < 1.29 is 13.5 Å². The van der Waals surface area contributed by atoms with Crippen LogP contribution in [0, 0.1) is 11.6 Å². The SMILES string of the molecule is Cl.Fc1ccccc1CCNCc1cc(Br)ccc1OCc1ccccc1F. The number of ether oxygens (including phenoxy) is 1. The van der Waals surface area contributed by atoms with E-state index < -0.39 is 0 Å². The molecular formula is C22H21BrClF2NO. The Labute approximate surface area is 178 Å². The van der Waals surface area contributed by atoms with Crippen LogP contribution < -0.4 is 10.1 Å². The van der Waals surface area contributed by atoms with Gasteiger partial charge in [0.15, 0.2) is 0 Å². The maximum absolute atomic E-state index is 13.8. The first kappa shape index (κ1) is 22.3. The van der Waals surface area contributed by atoms with Crippen LogP contribution in [0.2, 0.25) is 0 Å². The molecule has 0 aromatic heterocycles. The Balaban J connectivity index is 0.00000280. The summed E-state index contributed by atoms with van der Waals surface area (Å²) in [5.41, 5.74) is 2.16. The van der Waals surface area contributed by atoms with Crippen LogP contribution >= 0.6 is 28.3 Å². The molecule has 3 aromatic carbocycles. The number of hydrogen-bond acceptors (Lipinski definition) is 2. The summed E-state index contributed by atoms with van der Waals surface area (Å²) < 4.78 is 34.2. The predicted molar refractivity (Wildman–Crippen MR) is 114 cm³/mol. The topological polar surface area (TPSA) is 21.3 Å². The van der Waals surface area contributed by atoms with Gasteiger partial charge in [0.25, 0.3) is 0 Å². The Morgan fingerprint density at radius 1 is 0.821 bits per heavy atom. The fourth-order valence-corrected chi connectivity index (χ4v) is 3.15. The summed E-state index contributed by atoms with van der Waals surface area (Å²) in [4.78, 5) is 0. The molecule has 0 bridgehead atoms. The lowest BCUT2D eigenvalue weighted by atomic mass is 10.1. The van der Waals surface area contributed by atoms with E-state index in [-0.39, 0.29) is 30.6 Å². The van der Waals surface area contributed by atoms with Crippen LogP contribution in [0.25, 0.3) is 0 Å². The maximum atomic E-state index is 13.8. The average molecular weight is 469 g/mol. The summed E-state index contributed by atoms with van der Waals surface area (Å²) in [5, 5.41) is 3.31. The molecule has 0 saturated heterocycles. The summed E-state index contributed by atoms with van der Waals surface area (Å²) in [6.07, 6.45) is 0.603. The average Bonchev–Trinajstić information content (AvgIpc) is 2.67. The molecule has 0 aliphatic heterocycles. The number of nitrogens with one attached hydrogen (secondary N) is 1. The number of halogens is 4. The van der Waals surface area contributed by atoms with Crippen molar-refractivity contribution in [2.75, 3.05) is 6.54 Å². The van der Waals surface area contributed by atoms with Gasteiger partial charge in [0.05, 0.1) is 0 Å². The summed E-state index contributed by atoms with van der Waals surface area (Å²) >= 11 is 3.47. The van der Waals surface area contributed by atoms with Crippen molar-refractivity contribution in [2.24, 2.45) is 0 Å². The predicted octanol–water partition coefficient (Wildman–Crippen LogP) is 6.06. The number of benzene rings is 3. The third-order valence-corrected chi connectivity index (χ3v) is 4.70. The van der Waals surface area contributed by atoms with Crippen LogP contribution in [-0.2, 0) is 19.6 Å². The van der Waals surface area contributed by atoms with Crippen LogP contribution in [0.1, 0.15) is 16.7 Å². The Bertz CT molecular complexity index is 907. The Hall–Kier alpha value is -1.95. The minimum Gasteiger partial charge on any atom is -0.488 e. The van der Waals surface area contributed by atoms with E-state index in [1.807, 2.05) is 24.3 Å². The normalized spacial score (nSPS) is 10.4. The molecule has 0 heterocycles. The molecule has 0 aliphatic carbocycles. The van der Waals surface area contributed by atoms with Gasteiger partial charge in [-0.15, -0.1) is 12.4 Å². The summed E-state index contributed by atoms with van der Waals surface area (Å²) in [5.74, 6) is 0.231. The smallest absolute Gasteiger partial charge is 0.129 e. The third kappa shape index (κ3) is 6.30. The lowest BCUT2D eigenvalue weighted by Gasteiger charge is -2.13. The highest BCUT2D eigenvalue weighted by atomic mass is 79.9. The van der Waals surface area contributed by atoms with Gasteiger partial charge in [0.2, 0.25) is 0 Å². The second-order valence-electron chi connectivity index (χ2n) is 6.15. The van der Waals surface area contributed by atoms with Gasteiger partial charge in [-0.1, -0.05) is 52.3 Å². The fraction of sp³-hybridized carbons (Fsp3) is 0.182. The minimum absolute atomic E-state index is 0. The van der Waals surface area contributed by atoms with Gasteiger partial charge in [0, 0.05) is 22.1 Å². The molecule has 0 atom stereocenters. The van der Waals surface area contributed by atoms with Crippen LogP contribution in [0.3, 0.4) is 0 Å². The summed E-state index contributed by atoms with van der Waals surface area (Å²) in [6.45, 7) is 1.37. The highest BCUT2D eigenvalue weighted by molar-refractivity contribution is 9.10. The molecule has 3 aromatic rings. The van der Waals surface area contributed by atoms with Crippen molar-refractivity contribution in [1.82, 2.24) is 5.32 Å². The monoisotopic (exact) mass is 467 g/mol. The van der Waals surface area contributed by atoms with Crippen molar-refractivity contribution >= 4 is 28.3 Å². The molecule has 6 heteroatoms. The molecule has 0 fully saturated rings. The van der Waals surface area contributed by atoms with E-state index in [1.54, 1.807) is 30.3 Å². The molecule has 0 aliphatic rings. The Morgan fingerprint density at radius 3 is 2.14 bits per heavy atom. The van der Waals surface area contributed by atoms with Crippen molar-refractivity contribution in [2.45, 2.75) is 19.6 Å². The first-order chi connectivity index (χ1) is 13.1. The largest absolute Gasteiger partial charge is 0.488 e. The van der Waals surface area contributed by atoms with E-state index in [4.69, 9.17) is 4.74 Å². The Kier molecular flexibility index (Phi) is 8.90. The zero-order valence-corrected chi connectivity index (χ0v) is 17.5. The molecular weight excluding hydrogens is 448 g/mol. The molecule has 0 amide bonds. The number of hydrogen-bond donors (Lipinski definition) is 1. The zero-order chi connectivity index (χ0) is 19.1. The summed E-state index contributed by atoms with van der Waals surface area (Å²) in [7, 11) is 0. The molecule has 0 spiro atoms. The van der Waals surface area contributed by atoms with E-state index in [9.17, 15) is 8.78 Å². The quantitative estimate of drug-likeness (QED) is 0.406. The lowest BCUT2D eigenvalue weighted by Crippen LogP contribution is -2.18. The molecule has 0 saturated carbocycles. The van der Waals surface area contributed by atoms with E-state index in [2.05, 4.69) is 21.2 Å². The van der Waals surface area contributed by atoms with Crippen LogP contribution in [0.15, 0.2) is 71.2 Å². The molecule has 0 unspecified atom stereocenters. The lowest BCUT2D eigenvalue weighted by molar-refractivity contribution is 0.296. The third-order valence-electron chi connectivity index (χ3n) is 4.21.